The molecule has 4 heteroatoms. The molecule has 2 aromatic rings. The van der Waals surface area contributed by atoms with E-state index < -0.39 is 0 Å². The van der Waals surface area contributed by atoms with Gasteiger partial charge in [0.15, 0.2) is 0 Å². The second-order valence-electron chi connectivity index (χ2n) is 4.79. The van der Waals surface area contributed by atoms with Crippen LogP contribution in [0.3, 0.4) is 0 Å². The van der Waals surface area contributed by atoms with Gasteiger partial charge in [-0.25, -0.2) is 0 Å². The molecular formula is C14H19N3O. The molecule has 0 amide bonds. The van der Waals surface area contributed by atoms with Crippen molar-refractivity contribution in [3.8, 4) is 0 Å². The fraction of sp³-hybridized carbons (Fsp3) is 0.357. The molecule has 0 aliphatic carbocycles. The van der Waals surface area contributed by atoms with Crippen molar-refractivity contribution in [2.24, 2.45) is 5.92 Å². The highest BCUT2D eigenvalue weighted by molar-refractivity contribution is 5.97. The van der Waals surface area contributed by atoms with Gasteiger partial charge in [-0.1, -0.05) is 26.0 Å². The molecular weight excluding hydrogens is 226 g/mol. The summed E-state index contributed by atoms with van der Waals surface area (Å²) in [5, 5.41) is 14.0. The number of rotatable bonds is 4. The van der Waals surface area contributed by atoms with Crippen molar-refractivity contribution in [2.45, 2.75) is 20.0 Å². The molecule has 1 aromatic heterocycles. The molecule has 1 heterocycles. The van der Waals surface area contributed by atoms with E-state index in [2.05, 4.69) is 10.3 Å². The van der Waals surface area contributed by atoms with Crippen LogP contribution in [0.1, 0.15) is 13.8 Å². The average molecular weight is 245 g/mol. The Morgan fingerprint density at radius 3 is 2.83 bits per heavy atom. The molecule has 1 atom stereocenters. The lowest BCUT2D eigenvalue weighted by Gasteiger charge is -2.17. The molecule has 0 radical (unpaired) electrons. The van der Waals surface area contributed by atoms with E-state index in [0.29, 0.717) is 12.2 Å². The third kappa shape index (κ3) is 2.54. The molecule has 0 aliphatic heterocycles. The SMILES string of the molecule is CC(C)C(O)CNc1ccnc2c(N)cccc12. The van der Waals surface area contributed by atoms with Crippen molar-refractivity contribution < 1.29 is 5.11 Å². The van der Waals surface area contributed by atoms with E-state index in [-0.39, 0.29) is 12.0 Å². The largest absolute Gasteiger partial charge is 0.397 e. The monoisotopic (exact) mass is 245 g/mol. The number of para-hydroxylation sites is 1. The van der Waals surface area contributed by atoms with Gasteiger partial charge in [-0.2, -0.15) is 0 Å². The maximum absolute atomic E-state index is 9.81. The summed E-state index contributed by atoms with van der Waals surface area (Å²) in [6.45, 7) is 4.51. The summed E-state index contributed by atoms with van der Waals surface area (Å²) < 4.78 is 0. The second kappa shape index (κ2) is 5.23. The fourth-order valence-electron chi connectivity index (χ4n) is 1.80. The van der Waals surface area contributed by atoms with Crippen molar-refractivity contribution in [3.05, 3.63) is 30.5 Å². The van der Waals surface area contributed by atoms with Gasteiger partial charge in [0.05, 0.1) is 17.3 Å². The molecule has 0 aliphatic rings. The zero-order valence-electron chi connectivity index (χ0n) is 10.7. The van der Waals surface area contributed by atoms with Crippen molar-refractivity contribution in [1.29, 1.82) is 0 Å². The minimum Gasteiger partial charge on any atom is -0.397 e. The topological polar surface area (TPSA) is 71.2 Å². The van der Waals surface area contributed by atoms with Gasteiger partial charge >= 0.3 is 0 Å². The molecule has 1 unspecified atom stereocenters. The summed E-state index contributed by atoms with van der Waals surface area (Å²) >= 11 is 0. The van der Waals surface area contributed by atoms with Gasteiger partial charge in [-0.15, -0.1) is 0 Å². The molecule has 18 heavy (non-hydrogen) atoms. The zero-order chi connectivity index (χ0) is 13.1. The van der Waals surface area contributed by atoms with E-state index in [1.807, 2.05) is 38.1 Å². The van der Waals surface area contributed by atoms with Crippen LogP contribution in [0.4, 0.5) is 11.4 Å². The number of nitrogens with two attached hydrogens (primary N) is 1. The van der Waals surface area contributed by atoms with Gasteiger partial charge in [-0.05, 0) is 18.1 Å². The predicted molar refractivity (Wildman–Crippen MR) is 75.5 cm³/mol. The first-order valence-corrected chi connectivity index (χ1v) is 6.14. The van der Waals surface area contributed by atoms with Gasteiger partial charge in [-0.3, -0.25) is 4.98 Å². The molecule has 1 aromatic carbocycles. The number of anilines is 2. The number of aliphatic hydroxyl groups excluding tert-OH is 1. The summed E-state index contributed by atoms with van der Waals surface area (Å²) in [4.78, 5) is 4.28. The van der Waals surface area contributed by atoms with Gasteiger partial charge in [0.1, 0.15) is 0 Å². The number of aliphatic hydroxyl groups is 1. The second-order valence-corrected chi connectivity index (χ2v) is 4.79. The predicted octanol–water partition coefficient (Wildman–Crippen LogP) is 2.25. The van der Waals surface area contributed by atoms with Gasteiger partial charge < -0.3 is 16.2 Å². The summed E-state index contributed by atoms with van der Waals surface area (Å²) in [7, 11) is 0. The molecule has 4 nitrogen and oxygen atoms in total. The molecule has 0 bridgehead atoms. The summed E-state index contributed by atoms with van der Waals surface area (Å²) in [6.07, 6.45) is 1.36. The quantitative estimate of drug-likeness (QED) is 0.722. The third-order valence-electron chi connectivity index (χ3n) is 3.07. The average Bonchev–Trinajstić information content (AvgIpc) is 2.36. The Morgan fingerprint density at radius 1 is 1.33 bits per heavy atom. The van der Waals surface area contributed by atoms with Gasteiger partial charge in [0.2, 0.25) is 0 Å². The zero-order valence-corrected chi connectivity index (χ0v) is 10.7. The smallest absolute Gasteiger partial charge is 0.0951 e. The summed E-state index contributed by atoms with van der Waals surface area (Å²) in [6, 6.07) is 7.61. The number of aromatic nitrogens is 1. The third-order valence-corrected chi connectivity index (χ3v) is 3.07. The fourth-order valence-corrected chi connectivity index (χ4v) is 1.80. The number of hydrogen-bond donors (Lipinski definition) is 3. The maximum atomic E-state index is 9.81. The lowest BCUT2D eigenvalue weighted by atomic mass is 10.1. The molecule has 0 saturated heterocycles. The van der Waals surface area contributed by atoms with Gasteiger partial charge in [0, 0.05) is 23.8 Å². The highest BCUT2D eigenvalue weighted by Crippen LogP contribution is 2.25. The van der Waals surface area contributed by atoms with E-state index >= 15 is 0 Å². The molecule has 96 valence electrons. The van der Waals surface area contributed by atoms with Crippen molar-refractivity contribution in [1.82, 2.24) is 4.98 Å². The van der Waals surface area contributed by atoms with Crippen LogP contribution in [0.25, 0.3) is 10.9 Å². The lowest BCUT2D eigenvalue weighted by Crippen LogP contribution is -2.24. The van der Waals surface area contributed by atoms with Crippen molar-refractivity contribution in [2.75, 3.05) is 17.6 Å². The van der Waals surface area contributed by atoms with Crippen LogP contribution in [-0.2, 0) is 0 Å². The Morgan fingerprint density at radius 2 is 2.11 bits per heavy atom. The van der Waals surface area contributed by atoms with E-state index in [0.717, 1.165) is 16.6 Å². The van der Waals surface area contributed by atoms with Crippen LogP contribution in [0.2, 0.25) is 0 Å². The number of nitrogen functional groups attached to an aromatic ring is 1. The van der Waals surface area contributed by atoms with E-state index in [1.165, 1.54) is 0 Å². The first-order chi connectivity index (χ1) is 8.59. The van der Waals surface area contributed by atoms with Crippen molar-refractivity contribution >= 4 is 22.3 Å². The van der Waals surface area contributed by atoms with E-state index in [4.69, 9.17) is 5.73 Å². The lowest BCUT2D eigenvalue weighted by molar-refractivity contribution is 0.138. The first-order valence-electron chi connectivity index (χ1n) is 6.14. The highest BCUT2D eigenvalue weighted by atomic mass is 16.3. The standard InChI is InChI=1S/C14H19N3O/c1-9(2)13(18)8-17-12-6-7-16-14-10(12)4-3-5-11(14)15/h3-7,9,13,18H,8,15H2,1-2H3,(H,16,17). The maximum Gasteiger partial charge on any atom is 0.0951 e. The van der Waals surface area contributed by atoms with Crippen LogP contribution in [0, 0.1) is 5.92 Å². The molecule has 0 saturated carbocycles. The minimum atomic E-state index is -0.366. The molecule has 0 fully saturated rings. The number of benzene rings is 1. The normalized spacial score (nSPS) is 12.9. The van der Waals surface area contributed by atoms with Crippen LogP contribution < -0.4 is 11.1 Å². The van der Waals surface area contributed by atoms with Crippen LogP contribution >= 0.6 is 0 Å². The first kappa shape index (κ1) is 12.6. The Balaban J connectivity index is 2.26. The summed E-state index contributed by atoms with van der Waals surface area (Å²) in [5.41, 5.74) is 8.30. The van der Waals surface area contributed by atoms with E-state index in [9.17, 15) is 5.11 Å². The van der Waals surface area contributed by atoms with Crippen LogP contribution in [-0.4, -0.2) is 22.7 Å². The van der Waals surface area contributed by atoms with Gasteiger partial charge in [0.25, 0.3) is 0 Å². The number of pyridine rings is 1. The Hall–Kier alpha value is -1.81. The number of nitrogens with zero attached hydrogens (tertiary/aromatic N) is 1. The Bertz CT molecular complexity index is 540. The van der Waals surface area contributed by atoms with Crippen LogP contribution in [0.15, 0.2) is 30.5 Å². The minimum absolute atomic E-state index is 0.232. The molecule has 4 N–H and O–H groups in total. The number of nitrogens with one attached hydrogen (secondary N) is 1. The number of hydrogen-bond acceptors (Lipinski definition) is 4. The Kier molecular flexibility index (Phi) is 3.67. The Labute approximate surface area is 107 Å². The summed E-state index contributed by atoms with van der Waals surface area (Å²) in [5.74, 6) is 0.232. The highest BCUT2D eigenvalue weighted by Gasteiger charge is 2.10. The molecule has 0 spiro atoms. The van der Waals surface area contributed by atoms with Crippen molar-refractivity contribution in [3.63, 3.8) is 0 Å². The van der Waals surface area contributed by atoms with Crippen LogP contribution in [0.5, 0.6) is 0 Å². The number of fused-ring (bicyclic) bond motifs is 1. The van der Waals surface area contributed by atoms with E-state index in [1.54, 1.807) is 6.20 Å². The molecule has 2 rings (SSSR count).